The number of ether oxygens (including phenoxy) is 1. The fourth-order valence-corrected chi connectivity index (χ4v) is 5.03. The molecule has 1 saturated heterocycles. The number of fused-ring (bicyclic) bond motifs is 1. The average molecular weight is 549 g/mol. The second kappa shape index (κ2) is 11.6. The van der Waals surface area contributed by atoms with E-state index in [0.717, 1.165) is 6.07 Å². The van der Waals surface area contributed by atoms with Gasteiger partial charge in [-0.15, -0.1) is 0 Å². The van der Waals surface area contributed by atoms with Gasteiger partial charge in [-0.05, 0) is 49.9 Å². The highest BCUT2D eigenvalue weighted by Gasteiger charge is 2.41. The summed E-state index contributed by atoms with van der Waals surface area (Å²) in [6, 6.07) is 6.34. The molecule has 5 nitrogen and oxygen atoms in total. The molecule has 0 radical (unpaired) electrons. The molecule has 1 fully saturated rings. The lowest BCUT2D eigenvalue weighted by atomic mass is 9.74. The van der Waals surface area contributed by atoms with Gasteiger partial charge in [0, 0.05) is 36.3 Å². The van der Waals surface area contributed by atoms with Crippen molar-refractivity contribution in [2.75, 3.05) is 26.7 Å². The number of rotatable bonds is 7. The molecule has 1 aromatic heterocycles. The van der Waals surface area contributed by atoms with E-state index in [4.69, 9.17) is 16.3 Å². The van der Waals surface area contributed by atoms with Crippen molar-refractivity contribution in [3.8, 4) is 17.6 Å². The smallest absolute Gasteiger partial charge is 0.309 e. The minimum atomic E-state index is -1.51. The van der Waals surface area contributed by atoms with E-state index in [1.165, 1.54) is 13.3 Å². The first kappa shape index (κ1) is 27.7. The van der Waals surface area contributed by atoms with Gasteiger partial charge in [-0.3, -0.25) is 14.7 Å². The van der Waals surface area contributed by atoms with Gasteiger partial charge in [-0.25, -0.2) is 17.6 Å². The SMILES string of the molecule is COc1ccc2ncc(Cl)c([C@@H](F)CCC3(C(=O)O)CCN(CC#Cc4cc(F)cc(F)c4F)CC3)c2c1. The van der Waals surface area contributed by atoms with Crippen LogP contribution in [0.15, 0.2) is 36.5 Å². The number of hydrogen-bond acceptors (Lipinski definition) is 4. The van der Waals surface area contributed by atoms with Gasteiger partial charge >= 0.3 is 5.97 Å². The summed E-state index contributed by atoms with van der Waals surface area (Å²) in [5.74, 6) is 1.19. The molecule has 1 N–H and O–H groups in total. The van der Waals surface area contributed by atoms with E-state index < -0.39 is 35.0 Å². The number of likely N-dealkylation sites (tertiary alicyclic amines) is 1. The number of benzene rings is 2. The van der Waals surface area contributed by atoms with E-state index in [1.54, 1.807) is 18.2 Å². The van der Waals surface area contributed by atoms with Crippen LogP contribution in [0.1, 0.15) is 43.0 Å². The van der Waals surface area contributed by atoms with Gasteiger partial charge in [-0.2, -0.15) is 0 Å². The van der Waals surface area contributed by atoms with Crippen molar-refractivity contribution >= 4 is 28.5 Å². The van der Waals surface area contributed by atoms with Crippen LogP contribution in [0.3, 0.4) is 0 Å². The number of halogens is 5. The molecule has 2 aromatic carbocycles. The van der Waals surface area contributed by atoms with E-state index in [2.05, 4.69) is 16.8 Å². The summed E-state index contributed by atoms with van der Waals surface area (Å²) in [5, 5.41) is 10.7. The Labute approximate surface area is 222 Å². The number of hydrogen-bond donors (Lipinski definition) is 1. The molecule has 200 valence electrons. The van der Waals surface area contributed by atoms with Gasteiger partial charge in [0.25, 0.3) is 0 Å². The van der Waals surface area contributed by atoms with Crippen molar-refractivity contribution in [2.24, 2.45) is 5.41 Å². The van der Waals surface area contributed by atoms with Crippen LogP contribution in [0, 0.1) is 34.7 Å². The number of nitrogens with zero attached hydrogens (tertiary/aromatic N) is 2. The third-order valence-electron chi connectivity index (χ3n) is 7.04. The Hall–Kier alpha value is -3.35. The van der Waals surface area contributed by atoms with Crippen molar-refractivity contribution in [1.29, 1.82) is 0 Å². The van der Waals surface area contributed by atoms with Crippen molar-refractivity contribution in [2.45, 2.75) is 31.9 Å². The van der Waals surface area contributed by atoms with Crippen LogP contribution in [0.2, 0.25) is 5.02 Å². The normalized spacial score (nSPS) is 16.1. The fourth-order valence-electron chi connectivity index (χ4n) is 4.76. The topological polar surface area (TPSA) is 62.7 Å². The predicted octanol–water partition coefficient (Wildman–Crippen LogP) is 6.32. The highest BCUT2D eigenvalue weighted by molar-refractivity contribution is 6.32. The lowest BCUT2D eigenvalue weighted by Gasteiger charge is -2.38. The first-order chi connectivity index (χ1) is 18.1. The van der Waals surface area contributed by atoms with Crippen LogP contribution in [0.5, 0.6) is 5.75 Å². The summed E-state index contributed by atoms with van der Waals surface area (Å²) >= 11 is 6.31. The third kappa shape index (κ3) is 5.87. The minimum Gasteiger partial charge on any atom is -0.497 e. The summed E-state index contributed by atoms with van der Waals surface area (Å²) in [6.07, 6.45) is 0.445. The van der Waals surface area contributed by atoms with Gasteiger partial charge in [0.2, 0.25) is 0 Å². The molecule has 4 rings (SSSR count). The number of pyridine rings is 1. The second-order valence-corrected chi connectivity index (χ2v) is 9.73. The number of alkyl halides is 1. The Bertz CT molecular complexity index is 1410. The fraction of sp³-hybridized carbons (Fsp3) is 0.357. The number of carboxylic acids is 1. The number of carbonyl (C=O) groups is 1. The Morgan fingerprint density at radius 1 is 1.24 bits per heavy atom. The number of aromatic nitrogens is 1. The molecular weight excluding hydrogens is 524 g/mol. The van der Waals surface area contributed by atoms with Crippen molar-refractivity contribution in [3.63, 3.8) is 0 Å². The molecule has 0 amide bonds. The molecule has 0 unspecified atom stereocenters. The quantitative estimate of drug-likeness (QED) is 0.213. The maximum absolute atomic E-state index is 15.6. The lowest BCUT2D eigenvalue weighted by molar-refractivity contribution is -0.152. The Balaban J connectivity index is 1.42. The van der Waals surface area contributed by atoms with E-state index in [1.807, 2.05) is 4.90 Å². The van der Waals surface area contributed by atoms with E-state index >= 15 is 4.39 Å². The van der Waals surface area contributed by atoms with Gasteiger partial charge < -0.3 is 9.84 Å². The highest BCUT2D eigenvalue weighted by Crippen LogP contribution is 2.42. The first-order valence-electron chi connectivity index (χ1n) is 12.0. The molecule has 3 aromatic rings. The zero-order chi connectivity index (χ0) is 27.4. The zero-order valence-electron chi connectivity index (χ0n) is 20.5. The molecule has 1 atom stereocenters. The molecule has 1 aliphatic heterocycles. The van der Waals surface area contributed by atoms with Gasteiger partial charge in [0.05, 0.1) is 35.2 Å². The van der Waals surface area contributed by atoms with Gasteiger partial charge in [0.15, 0.2) is 11.6 Å². The standard InChI is InChI=1S/C28H25ClF4N2O3/c1-38-19-4-5-24-20(15-19)25(21(29)16-34-24)22(31)6-7-28(27(36)37)8-11-35(12-9-28)10-2-3-17-13-18(30)14-23(32)26(17)33/h4-5,13-16,22H,6-12H2,1H3,(H,36,37)/t22-/m0/s1. The van der Waals surface area contributed by atoms with Crippen LogP contribution >= 0.6 is 11.6 Å². The predicted molar refractivity (Wildman–Crippen MR) is 135 cm³/mol. The molecule has 38 heavy (non-hydrogen) atoms. The monoisotopic (exact) mass is 548 g/mol. The van der Waals surface area contributed by atoms with Gasteiger partial charge in [-0.1, -0.05) is 23.4 Å². The van der Waals surface area contributed by atoms with Crippen molar-refractivity contribution in [3.05, 3.63) is 70.1 Å². The van der Waals surface area contributed by atoms with Crippen molar-refractivity contribution in [1.82, 2.24) is 9.88 Å². The van der Waals surface area contributed by atoms with Crippen LogP contribution in [-0.2, 0) is 4.79 Å². The highest BCUT2D eigenvalue weighted by atomic mass is 35.5. The number of carboxylic acid groups (broad SMARTS) is 1. The molecule has 0 bridgehead atoms. The van der Waals surface area contributed by atoms with Crippen LogP contribution < -0.4 is 4.74 Å². The van der Waals surface area contributed by atoms with E-state index in [-0.39, 0.29) is 48.4 Å². The molecule has 0 aliphatic carbocycles. The Morgan fingerprint density at radius 2 is 1.97 bits per heavy atom. The van der Waals surface area contributed by atoms with Crippen molar-refractivity contribution < 1.29 is 32.2 Å². The summed E-state index contributed by atoms with van der Waals surface area (Å²) < 4.78 is 61.3. The van der Waals surface area contributed by atoms with E-state index in [9.17, 15) is 23.1 Å². The summed E-state index contributed by atoms with van der Waals surface area (Å²) in [5.41, 5.74) is -0.701. The minimum absolute atomic E-state index is 0.0490. The molecule has 0 spiro atoms. The zero-order valence-corrected chi connectivity index (χ0v) is 21.3. The molecule has 1 aliphatic rings. The lowest BCUT2D eigenvalue weighted by Crippen LogP contribution is -2.44. The largest absolute Gasteiger partial charge is 0.497 e. The van der Waals surface area contributed by atoms with Gasteiger partial charge in [0.1, 0.15) is 17.7 Å². The molecular formula is C28H25ClF4N2O3. The van der Waals surface area contributed by atoms with Crippen LogP contribution in [-0.4, -0.2) is 47.7 Å². The third-order valence-corrected chi connectivity index (χ3v) is 7.34. The summed E-state index contributed by atoms with van der Waals surface area (Å²) in [4.78, 5) is 18.4. The Kier molecular flexibility index (Phi) is 8.44. The second-order valence-electron chi connectivity index (χ2n) is 9.32. The Morgan fingerprint density at radius 3 is 2.66 bits per heavy atom. The molecule has 0 saturated carbocycles. The number of methoxy groups -OCH3 is 1. The first-order valence-corrected chi connectivity index (χ1v) is 12.4. The summed E-state index contributed by atoms with van der Waals surface area (Å²) in [7, 11) is 1.50. The maximum Gasteiger partial charge on any atom is 0.309 e. The van der Waals surface area contributed by atoms with Crippen LogP contribution in [0.4, 0.5) is 17.6 Å². The van der Waals surface area contributed by atoms with E-state index in [0.29, 0.717) is 35.8 Å². The molecule has 10 heteroatoms. The number of aliphatic carboxylic acids is 1. The summed E-state index contributed by atoms with van der Waals surface area (Å²) in [6.45, 7) is 0.904. The average Bonchev–Trinajstić information content (AvgIpc) is 2.90. The maximum atomic E-state index is 15.6. The molecule has 2 heterocycles. The van der Waals surface area contributed by atoms with Crippen LogP contribution in [0.25, 0.3) is 10.9 Å². The number of piperidine rings is 1.